The van der Waals surface area contributed by atoms with E-state index in [0.29, 0.717) is 12.1 Å². The summed E-state index contributed by atoms with van der Waals surface area (Å²) in [6.07, 6.45) is -11.5. The van der Waals surface area contributed by atoms with E-state index in [1.54, 1.807) is 0 Å². The highest BCUT2D eigenvalue weighted by Crippen LogP contribution is 2.37. The summed E-state index contributed by atoms with van der Waals surface area (Å²) in [7, 11) is 0. The molecule has 0 heterocycles. The first-order valence-electron chi connectivity index (χ1n) is 5.84. The van der Waals surface area contributed by atoms with Gasteiger partial charge in [-0.15, -0.1) is 0 Å². The quantitative estimate of drug-likeness (QED) is 0.577. The molecule has 1 unspecified atom stereocenters. The maximum atomic E-state index is 12.6. The maximum absolute atomic E-state index is 12.6. The normalized spacial score (nSPS) is 14.3. The largest absolute Gasteiger partial charge is 0.416 e. The minimum Gasteiger partial charge on any atom is -0.395 e. The molecule has 1 aromatic rings. The standard InChI is InChI=1S/C12H13F6NO2/c13-11(14,15)8-3-7(10(21)6-19-1-2-20)4-9(5-8)12(16,17)18/h3-5,10,19-21H,1-2,6H2. The van der Waals surface area contributed by atoms with Crippen LogP contribution in [0, 0.1) is 0 Å². The van der Waals surface area contributed by atoms with Crippen LogP contribution in [0.15, 0.2) is 18.2 Å². The van der Waals surface area contributed by atoms with Gasteiger partial charge in [0.1, 0.15) is 0 Å². The van der Waals surface area contributed by atoms with Crippen molar-refractivity contribution in [3.8, 4) is 0 Å². The highest BCUT2D eigenvalue weighted by molar-refractivity contribution is 5.34. The van der Waals surface area contributed by atoms with Crippen LogP contribution in [0.3, 0.4) is 0 Å². The van der Waals surface area contributed by atoms with E-state index in [-0.39, 0.29) is 25.8 Å². The van der Waals surface area contributed by atoms with Gasteiger partial charge >= 0.3 is 12.4 Å². The number of nitrogens with one attached hydrogen (secondary N) is 1. The number of aliphatic hydroxyl groups excluding tert-OH is 2. The van der Waals surface area contributed by atoms with E-state index >= 15 is 0 Å². The molecule has 0 radical (unpaired) electrons. The molecular weight excluding hydrogens is 304 g/mol. The van der Waals surface area contributed by atoms with E-state index < -0.39 is 35.1 Å². The Morgan fingerprint density at radius 3 is 1.81 bits per heavy atom. The van der Waals surface area contributed by atoms with E-state index in [4.69, 9.17) is 5.11 Å². The molecular formula is C12H13F6NO2. The van der Waals surface area contributed by atoms with Crippen molar-refractivity contribution in [2.24, 2.45) is 0 Å². The molecule has 0 amide bonds. The highest BCUT2D eigenvalue weighted by Gasteiger charge is 2.37. The maximum Gasteiger partial charge on any atom is 0.416 e. The molecule has 0 aliphatic heterocycles. The van der Waals surface area contributed by atoms with Gasteiger partial charge in [0.2, 0.25) is 0 Å². The third-order valence-electron chi connectivity index (χ3n) is 2.62. The van der Waals surface area contributed by atoms with Crippen LogP contribution in [0.2, 0.25) is 0 Å². The Morgan fingerprint density at radius 2 is 1.43 bits per heavy atom. The van der Waals surface area contributed by atoms with Gasteiger partial charge in [-0.25, -0.2) is 0 Å². The Labute approximate surface area is 116 Å². The second-order valence-corrected chi connectivity index (χ2v) is 4.28. The lowest BCUT2D eigenvalue weighted by atomic mass is 10.0. The molecule has 3 N–H and O–H groups in total. The molecule has 3 nitrogen and oxygen atoms in total. The van der Waals surface area contributed by atoms with Crippen molar-refractivity contribution in [3.63, 3.8) is 0 Å². The minimum absolute atomic E-state index is 0.00261. The van der Waals surface area contributed by atoms with Gasteiger partial charge < -0.3 is 15.5 Å². The first-order valence-corrected chi connectivity index (χ1v) is 5.84. The van der Waals surface area contributed by atoms with Crippen LogP contribution in [0.4, 0.5) is 26.3 Å². The zero-order valence-electron chi connectivity index (χ0n) is 10.6. The van der Waals surface area contributed by atoms with E-state index in [9.17, 15) is 31.4 Å². The van der Waals surface area contributed by atoms with Gasteiger partial charge in [-0.2, -0.15) is 26.3 Å². The predicted molar refractivity (Wildman–Crippen MR) is 61.4 cm³/mol. The molecule has 0 aliphatic rings. The Kier molecular flexibility index (Phi) is 5.60. The SMILES string of the molecule is OCCNCC(O)c1cc(C(F)(F)F)cc(C(F)(F)F)c1. The fraction of sp³-hybridized carbons (Fsp3) is 0.500. The summed E-state index contributed by atoms with van der Waals surface area (Å²) >= 11 is 0. The number of hydrogen-bond donors (Lipinski definition) is 3. The summed E-state index contributed by atoms with van der Waals surface area (Å²) < 4.78 is 75.7. The number of rotatable bonds is 5. The number of alkyl halides is 6. The minimum atomic E-state index is -4.95. The highest BCUT2D eigenvalue weighted by atomic mass is 19.4. The van der Waals surface area contributed by atoms with E-state index in [2.05, 4.69) is 5.32 Å². The Morgan fingerprint density at radius 1 is 0.952 bits per heavy atom. The summed E-state index contributed by atoms with van der Waals surface area (Å²) in [4.78, 5) is 0. The Balaban J connectivity index is 3.13. The average Bonchev–Trinajstić information content (AvgIpc) is 2.36. The lowest BCUT2D eigenvalue weighted by molar-refractivity contribution is -0.143. The number of hydrogen-bond acceptors (Lipinski definition) is 3. The van der Waals surface area contributed by atoms with Crippen molar-refractivity contribution in [1.29, 1.82) is 0 Å². The van der Waals surface area contributed by atoms with Crippen LogP contribution >= 0.6 is 0 Å². The summed E-state index contributed by atoms with van der Waals surface area (Å²) in [6.45, 7) is -0.496. The molecule has 0 aliphatic carbocycles. The predicted octanol–water partition coefficient (Wildman–Crippen LogP) is 2.34. The van der Waals surface area contributed by atoms with E-state index in [1.165, 1.54) is 0 Å². The molecule has 120 valence electrons. The molecule has 0 fully saturated rings. The second kappa shape index (κ2) is 6.63. The molecule has 0 spiro atoms. The van der Waals surface area contributed by atoms with Crippen LogP contribution in [0.25, 0.3) is 0 Å². The first-order chi connectivity index (χ1) is 9.55. The topological polar surface area (TPSA) is 52.5 Å². The Bertz CT molecular complexity index is 440. The van der Waals surface area contributed by atoms with Gasteiger partial charge in [-0.05, 0) is 23.8 Å². The van der Waals surface area contributed by atoms with Gasteiger partial charge in [0.25, 0.3) is 0 Å². The van der Waals surface area contributed by atoms with Crippen molar-refractivity contribution < 1.29 is 36.6 Å². The zero-order chi connectivity index (χ0) is 16.3. The first kappa shape index (κ1) is 17.7. The van der Waals surface area contributed by atoms with Gasteiger partial charge in [-0.1, -0.05) is 0 Å². The van der Waals surface area contributed by atoms with Gasteiger partial charge in [0, 0.05) is 13.1 Å². The molecule has 21 heavy (non-hydrogen) atoms. The van der Waals surface area contributed by atoms with E-state index in [0.717, 1.165) is 0 Å². The number of aliphatic hydroxyl groups is 2. The lowest BCUT2D eigenvalue weighted by Gasteiger charge is -2.17. The van der Waals surface area contributed by atoms with Crippen molar-refractivity contribution in [2.75, 3.05) is 19.7 Å². The summed E-state index contributed by atoms with van der Waals surface area (Å²) in [5.41, 5.74) is -3.45. The summed E-state index contributed by atoms with van der Waals surface area (Å²) in [5, 5.41) is 20.6. The van der Waals surface area contributed by atoms with Crippen molar-refractivity contribution >= 4 is 0 Å². The van der Waals surface area contributed by atoms with Gasteiger partial charge in [-0.3, -0.25) is 0 Å². The fourth-order valence-electron chi connectivity index (χ4n) is 1.61. The average molecular weight is 317 g/mol. The van der Waals surface area contributed by atoms with Crippen LogP contribution < -0.4 is 5.32 Å². The van der Waals surface area contributed by atoms with Gasteiger partial charge in [0.05, 0.1) is 23.8 Å². The monoisotopic (exact) mass is 317 g/mol. The second-order valence-electron chi connectivity index (χ2n) is 4.28. The van der Waals surface area contributed by atoms with Crippen molar-refractivity contribution in [1.82, 2.24) is 5.32 Å². The molecule has 1 atom stereocenters. The number of halogens is 6. The molecule has 9 heteroatoms. The molecule has 0 aromatic heterocycles. The molecule has 0 bridgehead atoms. The zero-order valence-corrected chi connectivity index (χ0v) is 10.6. The number of benzene rings is 1. The smallest absolute Gasteiger partial charge is 0.395 e. The summed E-state index contributed by atoms with van der Waals surface area (Å²) in [6, 6.07) is 0.943. The third kappa shape index (κ3) is 5.18. The third-order valence-corrected chi connectivity index (χ3v) is 2.62. The van der Waals surface area contributed by atoms with Crippen molar-refractivity contribution in [3.05, 3.63) is 34.9 Å². The van der Waals surface area contributed by atoms with Crippen LogP contribution in [0.1, 0.15) is 22.8 Å². The van der Waals surface area contributed by atoms with Crippen LogP contribution in [0.5, 0.6) is 0 Å². The van der Waals surface area contributed by atoms with Crippen LogP contribution in [-0.4, -0.2) is 29.9 Å². The molecule has 1 rings (SSSR count). The Hall–Kier alpha value is -1.32. The lowest BCUT2D eigenvalue weighted by Crippen LogP contribution is -2.25. The molecule has 0 saturated carbocycles. The molecule has 0 saturated heterocycles. The fourth-order valence-corrected chi connectivity index (χ4v) is 1.61. The van der Waals surface area contributed by atoms with E-state index in [1.807, 2.05) is 0 Å². The van der Waals surface area contributed by atoms with Gasteiger partial charge in [0.15, 0.2) is 0 Å². The molecule has 1 aromatic carbocycles. The van der Waals surface area contributed by atoms with Crippen LogP contribution in [-0.2, 0) is 12.4 Å². The summed E-state index contributed by atoms with van der Waals surface area (Å²) in [5.74, 6) is 0. The van der Waals surface area contributed by atoms with Crippen molar-refractivity contribution in [2.45, 2.75) is 18.5 Å².